The summed E-state index contributed by atoms with van der Waals surface area (Å²) in [6.07, 6.45) is 2.06. The molecule has 0 saturated heterocycles. The standard InChI is InChI=1S/C14H29N7O4/c1-9(4-2-6-20-13(16)17)11(22)24-8-25-12(23)10(15)5-3-7-21-14(18)19/h9-10H,2-8,15H2,1H3,(H4,16,17,20)(H4,18,19,21). The lowest BCUT2D eigenvalue weighted by Gasteiger charge is -2.13. The minimum absolute atomic E-state index is 0.0109. The molecular formula is C14H29N7O4. The van der Waals surface area contributed by atoms with Gasteiger partial charge in [-0.3, -0.25) is 19.6 Å². The summed E-state index contributed by atoms with van der Waals surface area (Å²) in [7, 11) is 0. The van der Waals surface area contributed by atoms with Gasteiger partial charge in [-0.05, 0) is 25.7 Å². The first-order valence-electron chi connectivity index (χ1n) is 7.93. The van der Waals surface area contributed by atoms with Gasteiger partial charge in [0.05, 0.1) is 5.92 Å². The molecule has 144 valence electrons. The molecule has 0 aromatic heterocycles. The van der Waals surface area contributed by atoms with Gasteiger partial charge < -0.3 is 38.1 Å². The second-order valence-corrected chi connectivity index (χ2v) is 5.45. The third-order valence-corrected chi connectivity index (χ3v) is 3.16. The van der Waals surface area contributed by atoms with Crippen molar-refractivity contribution in [2.75, 3.05) is 19.9 Å². The number of nitrogens with two attached hydrogens (primary N) is 5. The first-order chi connectivity index (χ1) is 11.7. The van der Waals surface area contributed by atoms with Gasteiger partial charge in [-0.25, -0.2) is 0 Å². The van der Waals surface area contributed by atoms with Gasteiger partial charge >= 0.3 is 11.9 Å². The Labute approximate surface area is 147 Å². The molecule has 0 fully saturated rings. The molecule has 0 saturated carbocycles. The van der Waals surface area contributed by atoms with Crippen LogP contribution in [-0.4, -0.2) is 49.8 Å². The number of hydrogen-bond acceptors (Lipinski definition) is 7. The Kier molecular flexibility index (Phi) is 11.5. The monoisotopic (exact) mass is 359 g/mol. The van der Waals surface area contributed by atoms with Crippen molar-refractivity contribution < 1.29 is 19.1 Å². The SMILES string of the molecule is CC(CCCN=C(N)N)C(=O)OCOC(=O)C(N)CCCN=C(N)N. The van der Waals surface area contributed by atoms with E-state index in [0.29, 0.717) is 38.8 Å². The van der Waals surface area contributed by atoms with Crippen molar-refractivity contribution in [2.45, 2.75) is 38.6 Å². The van der Waals surface area contributed by atoms with Crippen LogP contribution in [0.15, 0.2) is 9.98 Å². The Bertz CT molecular complexity index is 432. The molecule has 0 aromatic rings. The molecule has 11 nitrogen and oxygen atoms in total. The van der Waals surface area contributed by atoms with Crippen LogP contribution < -0.4 is 28.7 Å². The molecule has 0 rings (SSSR count). The number of aliphatic imine (C=N–C) groups is 2. The molecule has 0 radical (unpaired) electrons. The average molecular weight is 359 g/mol. The third kappa shape index (κ3) is 12.5. The molecule has 11 heteroatoms. The topological polar surface area (TPSA) is 207 Å². The molecule has 0 aromatic carbocycles. The minimum Gasteiger partial charge on any atom is -0.428 e. The Balaban J connectivity index is 3.88. The van der Waals surface area contributed by atoms with Gasteiger partial charge in [-0.15, -0.1) is 0 Å². The van der Waals surface area contributed by atoms with Gasteiger partial charge in [0.2, 0.25) is 6.79 Å². The fraction of sp³-hybridized carbons (Fsp3) is 0.714. The first kappa shape index (κ1) is 22.4. The van der Waals surface area contributed by atoms with Crippen molar-refractivity contribution in [2.24, 2.45) is 44.6 Å². The minimum atomic E-state index is -0.829. The lowest BCUT2D eigenvalue weighted by atomic mass is 10.1. The number of nitrogens with zero attached hydrogens (tertiary/aromatic N) is 2. The smallest absolute Gasteiger partial charge is 0.325 e. The van der Waals surface area contributed by atoms with E-state index in [2.05, 4.69) is 9.98 Å². The van der Waals surface area contributed by atoms with E-state index in [4.69, 9.17) is 38.1 Å². The summed E-state index contributed by atoms with van der Waals surface area (Å²) in [5.74, 6) is -1.50. The quantitative estimate of drug-likeness (QED) is 0.0865. The van der Waals surface area contributed by atoms with Gasteiger partial charge in [0.1, 0.15) is 6.04 Å². The number of carbonyl (C=O) groups is 2. The van der Waals surface area contributed by atoms with Crippen molar-refractivity contribution in [1.29, 1.82) is 0 Å². The first-order valence-corrected chi connectivity index (χ1v) is 7.93. The van der Waals surface area contributed by atoms with Gasteiger partial charge in [0, 0.05) is 13.1 Å². The highest BCUT2D eigenvalue weighted by Gasteiger charge is 2.17. The van der Waals surface area contributed by atoms with Gasteiger partial charge in [0.25, 0.3) is 0 Å². The fourth-order valence-corrected chi connectivity index (χ4v) is 1.76. The Hall–Kier alpha value is -2.56. The predicted octanol–water partition coefficient (Wildman–Crippen LogP) is -1.90. The fourth-order valence-electron chi connectivity index (χ4n) is 1.76. The van der Waals surface area contributed by atoms with E-state index in [9.17, 15) is 9.59 Å². The summed E-state index contributed by atoms with van der Waals surface area (Å²) in [6, 6.07) is -0.829. The molecule has 2 unspecified atom stereocenters. The van der Waals surface area contributed by atoms with Gasteiger partial charge in [-0.2, -0.15) is 0 Å². The molecule has 0 heterocycles. The lowest BCUT2D eigenvalue weighted by Crippen LogP contribution is -2.33. The molecule has 10 N–H and O–H groups in total. The van der Waals surface area contributed by atoms with Gasteiger partial charge in [0.15, 0.2) is 11.9 Å². The zero-order valence-corrected chi connectivity index (χ0v) is 14.5. The number of carbonyl (C=O) groups excluding carboxylic acids is 2. The van der Waals surface area contributed by atoms with Crippen molar-refractivity contribution in [3.63, 3.8) is 0 Å². The van der Waals surface area contributed by atoms with Crippen LogP contribution >= 0.6 is 0 Å². The Morgan fingerprint density at radius 3 is 1.88 bits per heavy atom. The highest BCUT2D eigenvalue weighted by Crippen LogP contribution is 2.08. The average Bonchev–Trinajstić information content (AvgIpc) is 2.54. The molecule has 0 aliphatic heterocycles. The maximum atomic E-state index is 11.7. The second kappa shape index (κ2) is 12.8. The van der Waals surface area contributed by atoms with Gasteiger partial charge in [-0.1, -0.05) is 6.92 Å². The van der Waals surface area contributed by atoms with Crippen LogP contribution in [-0.2, 0) is 19.1 Å². The van der Waals surface area contributed by atoms with E-state index in [1.807, 2.05) is 0 Å². The van der Waals surface area contributed by atoms with Crippen molar-refractivity contribution in [3.05, 3.63) is 0 Å². The zero-order valence-electron chi connectivity index (χ0n) is 14.5. The van der Waals surface area contributed by atoms with Crippen molar-refractivity contribution in [3.8, 4) is 0 Å². The Morgan fingerprint density at radius 2 is 1.36 bits per heavy atom. The van der Waals surface area contributed by atoms with E-state index in [-0.39, 0.29) is 17.8 Å². The third-order valence-electron chi connectivity index (χ3n) is 3.16. The number of ether oxygens (including phenoxy) is 2. The summed E-state index contributed by atoms with van der Waals surface area (Å²) < 4.78 is 9.69. The maximum Gasteiger partial charge on any atom is 0.325 e. The molecule has 0 aliphatic carbocycles. The summed E-state index contributed by atoms with van der Waals surface area (Å²) >= 11 is 0. The van der Waals surface area contributed by atoms with E-state index < -0.39 is 24.8 Å². The second-order valence-electron chi connectivity index (χ2n) is 5.45. The molecule has 0 spiro atoms. The van der Waals surface area contributed by atoms with E-state index in [0.717, 1.165) is 0 Å². The van der Waals surface area contributed by atoms with Crippen LogP contribution in [0.4, 0.5) is 0 Å². The summed E-state index contributed by atoms with van der Waals surface area (Å²) in [4.78, 5) is 31.0. The molecule has 0 amide bonds. The van der Waals surface area contributed by atoms with Crippen LogP contribution in [0.25, 0.3) is 0 Å². The molecular weight excluding hydrogens is 330 g/mol. The van der Waals surface area contributed by atoms with E-state index in [1.54, 1.807) is 6.92 Å². The number of esters is 2. The summed E-state index contributed by atoms with van der Waals surface area (Å²) in [6.45, 7) is 2.03. The lowest BCUT2D eigenvalue weighted by molar-refractivity contribution is -0.170. The van der Waals surface area contributed by atoms with Crippen LogP contribution in [0, 0.1) is 5.92 Å². The van der Waals surface area contributed by atoms with Crippen LogP contribution in [0.3, 0.4) is 0 Å². The summed E-state index contributed by atoms with van der Waals surface area (Å²) in [5, 5.41) is 0. The number of guanidine groups is 2. The van der Waals surface area contributed by atoms with Crippen LogP contribution in [0.1, 0.15) is 32.6 Å². The van der Waals surface area contributed by atoms with Crippen LogP contribution in [0.2, 0.25) is 0 Å². The maximum absolute atomic E-state index is 11.7. The largest absolute Gasteiger partial charge is 0.428 e. The molecule has 0 bridgehead atoms. The van der Waals surface area contributed by atoms with Crippen LogP contribution in [0.5, 0.6) is 0 Å². The van der Waals surface area contributed by atoms with Crippen molar-refractivity contribution in [1.82, 2.24) is 0 Å². The molecule has 0 aliphatic rings. The number of rotatable bonds is 12. The highest BCUT2D eigenvalue weighted by atomic mass is 16.7. The molecule has 2 atom stereocenters. The normalized spacial score (nSPS) is 12.6. The zero-order chi connectivity index (χ0) is 19.2. The predicted molar refractivity (Wildman–Crippen MR) is 94.0 cm³/mol. The summed E-state index contributed by atoms with van der Waals surface area (Å²) in [5.41, 5.74) is 26.4. The van der Waals surface area contributed by atoms with E-state index in [1.165, 1.54) is 0 Å². The highest BCUT2D eigenvalue weighted by molar-refractivity contribution is 5.76. The van der Waals surface area contributed by atoms with E-state index >= 15 is 0 Å². The Morgan fingerprint density at radius 1 is 0.880 bits per heavy atom. The number of hydrogen-bond donors (Lipinski definition) is 5. The molecule has 25 heavy (non-hydrogen) atoms. The van der Waals surface area contributed by atoms with Crippen molar-refractivity contribution >= 4 is 23.9 Å².